The second-order valence-electron chi connectivity index (χ2n) is 7.46. The largest absolute Gasteiger partial charge is 0.347 e. The molecule has 0 bridgehead atoms. The summed E-state index contributed by atoms with van der Waals surface area (Å²) in [6, 6.07) is 4.20. The van der Waals surface area contributed by atoms with Gasteiger partial charge >= 0.3 is 0 Å². The van der Waals surface area contributed by atoms with Gasteiger partial charge in [0.2, 0.25) is 5.82 Å². The van der Waals surface area contributed by atoms with Gasteiger partial charge in [0.05, 0.1) is 0 Å². The molecule has 2 aliphatic heterocycles. The molecule has 132 valence electrons. The molecular weight excluding hydrogens is 316 g/mol. The van der Waals surface area contributed by atoms with Crippen LogP contribution in [0.1, 0.15) is 35.9 Å². The minimum absolute atomic E-state index is 0.0956. The monoisotopic (exact) mass is 340 g/mol. The first kappa shape index (κ1) is 16.2. The Morgan fingerprint density at radius 2 is 2.12 bits per heavy atom. The molecule has 4 rings (SSSR count). The number of likely N-dealkylation sites (tertiary alicyclic amines) is 1. The Balaban J connectivity index is 1.45. The number of nitrogens with zero attached hydrogens (tertiary/aromatic N) is 5. The number of rotatable bonds is 4. The van der Waals surface area contributed by atoms with E-state index in [1.165, 1.54) is 5.56 Å². The molecule has 2 aromatic rings. The maximum atomic E-state index is 12.3. The van der Waals surface area contributed by atoms with Crippen LogP contribution in [0.2, 0.25) is 0 Å². The minimum atomic E-state index is -0.127. The highest BCUT2D eigenvalue weighted by Crippen LogP contribution is 2.33. The van der Waals surface area contributed by atoms with Gasteiger partial charge < -0.3 is 9.88 Å². The highest BCUT2D eigenvalue weighted by Gasteiger charge is 2.39. The number of carbonyl (C=O) groups excluding carboxylic acids is 1. The lowest BCUT2D eigenvalue weighted by Gasteiger charge is -2.25. The highest BCUT2D eigenvalue weighted by atomic mass is 16.2. The zero-order chi connectivity index (χ0) is 17.4. The van der Waals surface area contributed by atoms with Crippen molar-refractivity contribution in [2.24, 2.45) is 11.8 Å². The first-order chi connectivity index (χ1) is 12.1. The summed E-state index contributed by atoms with van der Waals surface area (Å²) in [5.41, 5.74) is 1.25. The molecule has 0 saturated carbocycles. The SMILES string of the molecule is CC(C)NC(=O)c1nnc2n1C[C@@H]1CN(Cc3cccnc3)C[C@H]1C2. The van der Waals surface area contributed by atoms with E-state index in [1.807, 2.05) is 36.9 Å². The van der Waals surface area contributed by atoms with Crippen molar-refractivity contribution in [3.63, 3.8) is 0 Å². The van der Waals surface area contributed by atoms with Crippen LogP contribution in [0.4, 0.5) is 0 Å². The lowest BCUT2D eigenvalue weighted by molar-refractivity contribution is 0.0924. The molecule has 0 unspecified atom stereocenters. The normalized spacial score (nSPS) is 22.7. The summed E-state index contributed by atoms with van der Waals surface area (Å²) in [7, 11) is 0. The van der Waals surface area contributed by atoms with Crippen LogP contribution in [-0.4, -0.2) is 49.7 Å². The fraction of sp³-hybridized carbons (Fsp3) is 0.556. The van der Waals surface area contributed by atoms with Gasteiger partial charge in [-0.1, -0.05) is 6.07 Å². The van der Waals surface area contributed by atoms with Crippen LogP contribution in [0.5, 0.6) is 0 Å². The molecule has 2 aliphatic rings. The molecule has 25 heavy (non-hydrogen) atoms. The standard InChI is InChI=1S/C18H24N6O/c1-12(2)20-18(25)17-22-21-16-6-14-9-23(10-15(14)11-24(16)17)8-13-4-3-5-19-7-13/h3-5,7,12,14-15H,6,8-11H2,1-2H3,(H,20,25)/t14-,15+/m1/s1. The molecule has 7 heteroatoms. The number of hydrogen-bond acceptors (Lipinski definition) is 5. The molecule has 1 N–H and O–H groups in total. The number of pyridine rings is 1. The predicted molar refractivity (Wildman–Crippen MR) is 92.8 cm³/mol. The maximum Gasteiger partial charge on any atom is 0.289 e. The van der Waals surface area contributed by atoms with Crippen molar-refractivity contribution in [2.75, 3.05) is 13.1 Å². The van der Waals surface area contributed by atoms with Crippen molar-refractivity contribution < 1.29 is 4.79 Å². The van der Waals surface area contributed by atoms with Crippen molar-refractivity contribution in [3.05, 3.63) is 41.7 Å². The van der Waals surface area contributed by atoms with E-state index >= 15 is 0 Å². The molecule has 0 aliphatic carbocycles. The topological polar surface area (TPSA) is 75.9 Å². The molecule has 0 spiro atoms. The lowest BCUT2D eigenvalue weighted by Crippen LogP contribution is -2.35. The third-order valence-electron chi connectivity index (χ3n) is 5.09. The smallest absolute Gasteiger partial charge is 0.289 e. The predicted octanol–water partition coefficient (Wildman–Crippen LogP) is 1.12. The van der Waals surface area contributed by atoms with Crippen LogP contribution in [0.15, 0.2) is 24.5 Å². The van der Waals surface area contributed by atoms with E-state index in [1.54, 1.807) is 0 Å². The van der Waals surface area contributed by atoms with Gasteiger partial charge in [-0.25, -0.2) is 0 Å². The van der Waals surface area contributed by atoms with Crippen molar-refractivity contribution in [1.29, 1.82) is 0 Å². The molecule has 2 aromatic heterocycles. The van der Waals surface area contributed by atoms with Gasteiger partial charge in [-0.05, 0) is 37.3 Å². The zero-order valence-electron chi connectivity index (χ0n) is 14.7. The minimum Gasteiger partial charge on any atom is -0.347 e. The van der Waals surface area contributed by atoms with Gasteiger partial charge in [0.25, 0.3) is 5.91 Å². The molecule has 1 saturated heterocycles. The average Bonchev–Trinajstić information content (AvgIpc) is 3.15. The van der Waals surface area contributed by atoms with Crippen LogP contribution in [-0.2, 0) is 19.5 Å². The molecule has 7 nitrogen and oxygen atoms in total. The first-order valence-corrected chi connectivity index (χ1v) is 8.94. The van der Waals surface area contributed by atoms with E-state index < -0.39 is 0 Å². The van der Waals surface area contributed by atoms with E-state index in [0.29, 0.717) is 17.7 Å². The number of amides is 1. The van der Waals surface area contributed by atoms with E-state index in [2.05, 4.69) is 31.5 Å². The van der Waals surface area contributed by atoms with Crippen LogP contribution in [0, 0.1) is 11.8 Å². The number of nitrogens with one attached hydrogen (secondary N) is 1. The van der Waals surface area contributed by atoms with Gasteiger partial charge in [-0.2, -0.15) is 0 Å². The van der Waals surface area contributed by atoms with Gasteiger partial charge in [0, 0.05) is 51.0 Å². The van der Waals surface area contributed by atoms with E-state index in [9.17, 15) is 4.79 Å². The molecule has 0 radical (unpaired) electrons. The molecule has 4 heterocycles. The lowest BCUT2D eigenvalue weighted by atomic mass is 9.89. The Hall–Kier alpha value is -2.28. The molecule has 1 amide bonds. The quantitative estimate of drug-likeness (QED) is 0.902. The van der Waals surface area contributed by atoms with E-state index in [-0.39, 0.29) is 11.9 Å². The van der Waals surface area contributed by atoms with Crippen molar-refractivity contribution >= 4 is 5.91 Å². The molecule has 0 aromatic carbocycles. The van der Waals surface area contributed by atoms with Gasteiger partial charge in [-0.3, -0.25) is 14.7 Å². The first-order valence-electron chi connectivity index (χ1n) is 8.94. The van der Waals surface area contributed by atoms with E-state index in [0.717, 1.165) is 38.4 Å². The van der Waals surface area contributed by atoms with Crippen LogP contribution in [0.25, 0.3) is 0 Å². The third-order valence-corrected chi connectivity index (χ3v) is 5.09. The fourth-order valence-corrected chi connectivity index (χ4v) is 3.99. The Bertz CT molecular complexity index is 756. The average molecular weight is 340 g/mol. The Labute approximate surface area is 147 Å². The number of hydrogen-bond donors (Lipinski definition) is 1. The molecule has 2 atom stereocenters. The zero-order valence-corrected chi connectivity index (χ0v) is 14.7. The van der Waals surface area contributed by atoms with Crippen LogP contribution in [0.3, 0.4) is 0 Å². The Morgan fingerprint density at radius 1 is 1.28 bits per heavy atom. The van der Waals surface area contributed by atoms with Gasteiger partial charge in [0.1, 0.15) is 5.82 Å². The number of aromatic nitrogens is 4. The highest BCUT2D eigenvalue weighted by molar-refractivity contribution is 5.90. The Kier molecular flexibility index (Phi) is 4.25. The van der Waals surface area contributed by atoms with Crippen molar-refractivity contribution in [3.8, 4) is 0 Å². The summed E-state index contributed by atoms with van der Waals surface area (Å²) in [6.07, 6.45) is 4.64. The van der Waals surface area contributed by atoms with Gasteiger partial charge in [0.15, 0.2) is 0 Å². The van der Waals surface area contributed by atoms with E-state index in [4.69, 9.17) is 0 Å². The third kappa shape index (κ3) is 3.28. The Morgan fingerprint density at radius 3 is 2.88 bits per heavy atom. The number of fused-ring (bicyclic) bond motifs is 2. The summed E-state index contributed by atoms with van der Waals surface area (Å²) in [6.45, 7) is 7.78. The van der Waals surface area contributed by atoms with Crippen LogP contribution >= 0.6 is 0 Å². The summed E-state index contributed by atoms with van der Waals surface area (Å²) >= 11 is 0. The summed E-state index contributed by atoms with van der Waals surface area (Å²) < 4.78 is 2.02. The summed E-state index contributed by atoms with van der Waals surface area (Å²) in [4.78, 5) is 19.0. The summed E-state index contributed by atoms with van der Waals surface area (Å²) in [5, 5.41) is 11.3. The summed E-state index contributed by atoms with van der Waals surface area (Å²) in [5.74, 6) is 2.41. The van der Waals surface area contributed by atoms with Crippen LogP contribution < -0.4 is 5.32 Å². The second kappa shape index (κ2) is 6.55. The van der Waals surface area contributed by atoms with Gasteiger partial charge in [-0.15, -0.1) is 10.2 Å². The molecule has 1 fully saturated rings. The van der Waals surface area contributed by atoms with Crippen molar-refractivity contribution in [1.82, 2.24) is 30.0 Å². The maximum absolute atomic E-state index is 12.3. The fourth-order valence-electron chi connectivity index (χ4n) is 3.99. The second-order valence-corrected chi connectivity index (χ2v) is 7.46. The number of carbonyl (C=O) groups is 1. The molecular formula is C18H24N6O. The van der Waals surface area contributed by atoms with Crippen molar-refractivity contribution in [2.45, 2.75) is 39.4 Å².